The summed E-state index contributed by atoms with van der Waals surface area (Å²) in [7, 11) is 0. The molecule has 2 rings (SSSR count). The van der Waals surface area contributed by atoms with Crippen molar-refractivity contribution in [2.75, 3.05) is 0 Å². The van der Waals surface area contributed by atoms with Gasteiger partial charge in [0.2, 0.25) is 0 Å². The lowest BCUT2D eigenvalue weighted by Gasteiger charge is -2.07. The molecular formula is C14H17N3S. The smallest absolute Gasteiger partial charge is 0.187 e. The Labute approximate surface area is 113 Å². The minimum Gasteiger partial charge on any atom is -0.357 e. The maximum Gasteiger partial charge on any atom is 0.187 e. The molecule has 0 heterocycles. The van der Waals surface area contributed by atoms with Crippen molar-refractivity contribution in [2.45, 2.75) is 26.3 Å². The van der Waals surface area contributed by atoms with Crippen molar-refractivity contribution in [3.05, 3.63) is 47.5 Å². The predicted octanol–water partition coefficient (Wildman–Crippen LogP) is 2.75. The van der Waals surface area contributed by atoms with Crippen LogP contribution in [0, 0.1) is 0 Å². The Hall–Kier alpha value is -1.68. The van der Waals surface area contributed by atoms with E-state index < -0.39 is 0 Å². The van der Waals surface area contributed by atoms with Crippen LogP contribution in [0.25, 0.3) is 0 Å². The average Bonchev–Trinajstić information content (AvgIpc) is 2.81. The zero-order valence-corrected chi connectivity index (χ0v) is 11.3. The molecule has 94 valence electrons. The fourth-order valence-electron chi connectivity index (χ4n) is 1.78. The SMILES string of the molecule is CC1=CC(=NNC(=S)NCc2ccccc2)CC1. The molecule has 0 atom stereocenters. The Bertz CT molecular complexity index is 477. The Kier molecular flexibility index (Phi) is 4.47. The van der Waals surface area contributed by atoms with E-state index >= 15 is 0 Å². The van der Waals surface area contributed by atoms with Gasteiger partial charge >= 0.3 is 0 Å². The van der Waals surface area contributed by atoms with Crippen molar-refractivity contribution >= 4 is 23.0 Å². The van der Waals surface area contributed by atoms with Crippen LogP contribution >= 0.6 is 12.2 Å². The second-order valence-corrected chi connectivity index (χ2v) is 4.78. The highest BCUT2D eigenvalue weighted by Crippen LogP contribution is 2.14. The summed E-state index contributed by atoms with van der Waals surface area (Å²) < 4.78 is 0. The molecule has 0 radical (unpaired) electrons. The molecule has 0 saturated heterocycles. The summed E-state index contributed by atoms with van der Waals surface area (Å²) in [6, 6.07) is 10.1. The van der Waals surface area contributed by atoms with Crippen LogP contribution in [0.5, 0.6) is 0 Å². The summed E-state index contributed by atoms with van der Waals surface area (Å²) in [6.07, 6.45) is 4.21. The van der Waals surface area contributed by atoms with Gasteiger partial charge < -0.3 is 5.32 Å². The number of hydrogen-bond acceptors (Lipinski definition) is 2. The van der Waals surface area contributed by atoms with E-state index in [4.69, 9.17) is 12.2 Å². The zero-order valence-electron chi connectivity index (χ0n) is 10.4. The van der Waals surface area contributed by atoms with Gasteiger partial charge in [0.1, 0.15) is 0 Å². The first-order chi connectivity index (χ1) is 8.74. The lowest BCUT2D eigenvalue weighted by Crippen LogP contribution is -2.31. The van der Waals surface area contributed by atoms with Crippen LogP contribution in [0.4, 0.5) is 0 Å². The predicted molar refractivity (Wildman–Crippen MR) is 79.4 cm³/mol. The molecule has 1 aliphatic carbocycles. The number of hydrazone groups is 1. The molecule has 0 amide bonds. The quantitative estimate of drug-likeness (QED) is 0.647. The van der Waals surface area contributed by atoms with Gasteiger partial charge in [-0.3, -0.25) is 5.43 Å². The van der Waals surface area contributed by atoms with Gasteiger partial charge in [-0.15, -0.1) is 0 Å². The van der Waals surface area contributed by atoms with Gasteiger partial charge in [0.15, 0.2) is 5.11 Å². The molecule has 0 fully saturated rings. The van der Waals surface area contributed by atoms with E-state index in [1.165, 1.54) is 11.1 Å². The summed E-state index contributed by atoms with van der Waals surface area (Å²) in [5, 5.41) is 7.96. The summed E-state index contributed by atoms with van der Waals surface area (Å²) >= 11 is 5.17. The van der Waals surface area contributed by atoms with Gasteiger partial charge in [-0.25, -0.2) is 0 Å². The monoisotopic (exact) mass is 259 g/mol. The first-order valence-electron chi connectivity index (χ1n) is 6.05. The molecular weight excluding hydrogens is 242 g/mol. The second-order valence-electron chi connectivity index (χ2n) is 4.37. The van der Waals surface area contributed by atoms with Crippen LogP contribution in [-0.2, 0) is 6.54 Å². The van der Waals surface area contributed by atoms with E-state index in [2.05, 4.69) is 41.0 Å². The Morgan fingerprint density at radius 3 is 2.72 bits per heavy atom. The molecule has 1 aromatic carbocycles. The lowest BCUT2D eigenvalue weighted by atomic mass is 10.2. The summed E-state index contributed by atoms with van der Waals surface area (Å²) in [6.45, 7) is 2.83. The standard InChI is InChI=1S/C14H17N3S/c1-11-7-8-13(9-11)16-17-14(18)15-10-12-5-3-2-4-6-12/h2-6,9H,7-8,10H2,1H3,(H2,15,17,18). The third-order valence-electron chi connectivity index (χ3n) is 2.79. The molecule has 0 aromatic heterocycles. The molecule has 3 nitrogen and oxygen atoms in total. The van der Waals surface area contributed by atoms with Gasteiger partial charge in [-0.05, 0) is 43.6 Å². The highest BCUT2D eigenvalue weighted by molar-refractivity contribution is 7.80. The van der Waals surface area contributed by atoms with Gasteiger partial charge in [0.25, 0.3) is 0 Å². The summed E-state index contributed by atoms with van der Waals surface area (Å²) in [4.78, 5) is 0. The van der Waals surface area contributed by atoms with E-state index in [1.807, 2.05) is 18.2 Å². The third kappa shape index (κ3) is 3.96. The number of rotatable bonds is 3. The Morgan fingerprint density at radius 2 is 2.06 bits per heavy atom. The van der Waals surface area contributed by atoms with Crippen molar-refractivity contribution in [3.63, 3.8) is 0 Å². The molecule has 2 N–H and O–H groups in total. The maximum absolute atomic E-state index is 5.17. The van der Waals surface area contributed by atoms with Crippen molar-refractivity contribution in [1.29, 1.82) is 0 Å². The molecule has 4 heteroatoms. The number of hydrogen-bond donors (Lipinski definition) is 2. The Balaban J connectivity index is 1.76. The first kappa shape index (κ1) is 12.8. The van der Waals surface area contributed by atoms with Crippen LogP contribution < -0.4 is 10.7 Å². The number of nitrogens with one attached hydrogen (secondary N) is 2. The summed E-state index contributed by atoms with van der Waals surface area (Å²) in [5.74, 6) is 0. The van der Waals surface area contributed by atoms with E-state index in [0.29, 0.717) is 11.7 Å². The topological polar surface area (TPSA) is 36.4 Å². The second kappa shape index (κ2) is 6.31. The molecule has 0 unspecified atom stereocenters. The zero-order chi connectivity index (χ0) is 12.8. The molecule has 1 aromatic rings. The van der Waals surface area contributed by atoms with Gasteiger partial charge in [0, 0.05) is 6.54 Å². The van der Waals surface area contributed by atoms with E-state index in [-0.39, 0.29) is 0 Å². The fourth-order valence-corrected chi connectivity index (χ4v) is 1.90. The van der Waals surface area contributed by atoms with Crippen LogP contribution in [0.2, 0.25) is 0 Å². The number of allylic oxidation sites excluding steroid dienone is 2. The fraction of sp³-hybridized carbons (Fsp3) is 0.286. The van der Waals surface area contributed by atoms with Crippen molar-refractivity contribution in [3.8, 4) is 0 Å². The lowest BCUT2D eigenvalue weighted by molar-refractivity contribution is 0.864. The first-order valence-corrected chi connectivity index (χ1v) is 6.46. The third-order valence-corrected chi connectivity index (χ3v) is 3.02. The maximum atomic E-state index is 5.17. The molecule has 0 saturated carbocycles. The van der Waals surface area contributed by atoms with Crippen LogP contribution in [0.15, 0.2) is 47.1 Å². The van der Waals surface area contributed by atoms with E-state index in [1.54, 1.807) is 0 Å². The number of benzene rings is 1. The number of thiocarbonyl (C=S) groups is 1. The molecule has 18 heavy (non-hydrogen) atoms. The van der Waals surface area contributed by atoms with Crippen LogP contribution in [-0.4, -0.2) is 10.8 Å². The van der Waals surface area contributed by atoms with Gasteiger partial charge in [-0.2, -0.15) is 5.10 Å². The minimum absolute atomic E-state index is 0.560. The van der Waals surface area contributed by atoms with Gasteiger partial charge in [0.05, 0.1) is 5.71 Å². The highest BCUT2D eigenvalue weighted by Gasteiger charge is 2.06. The molecule has 0 aliphatic heterocycles. The highest BCUT2D eigenvalue weighted by atomic mass is 32.1. The summed E-state index contributed by atoms with van der Waals surface area (Å²) in [5.41, 5.74) is 6.52. The number of nitrogens with zero attached hydrogens (tertiary/aromatic N) is 1. The molecule has 0 spiro atoms. The van der Waals surface area contributed by atoms with Crippen molar-refractivity contribution in [1.82, 2.24) is 10.7 Å². The van der Waals surface area contributed by atoms with Crippen molar-refractivity contribution < 1.29 is 0 Å². The Morgan fingerprint density at radius 1 is 1.28 bits per heavy atom. The van der Waals surface area contributed by atoms with E-state index in [0.717, 1.165) is 18.6 Å². The van der Waals surface area contributed by atoms with Crippen LogP contribution in [0.1, 0.15) is 25.3 Å². The van der Waals surface area contributed by atoms with Crippen molar-refractivity contribution in [2.24, 2.45) is 5.10 Å². The van der Waals surface area contributed by atoms with E-state index in [9.17, 15) is 0 Å². The minimum atomic E-state index is 0.560. The van der Waals surface area contributed by atoms with Gasteiger partial charge in [-0.1, -0.05) is 35.9 Å². The molecule has 1 aliphatic rings. The normalized spacial score (nSPS) is 16.5. The van der Waals surface area contributed by atoms with Crippen LogP contribution in [0.3, 0.4) is 0 Å². The largest absolute Gasteiger partial charge is 0.357 e. The molecule has 0 bridgehead atoms. The average molecular weight is 259 g/mol.